The van der Waals surface area contributed by atoms with Crippen molar-refractivity contribution in [2.24, 2.45) is 0 Å². The van der Waals surface area contributed by atoms with Crippen LogP contribution in [0.4, 0.5) is 11.4 Å². The van der Waals surface area contributed by atoms with Crippen LogP contribution in [-0.4, -0.2) is 18.0 Å². The van der Waals surface area contributed by atoms with Gasteiger partial charge in [0.2, 0.25) is 0 Å². The number of para-hydroxylation sites is 1. The summed E-state index contributed by atoms with van der Waals surface area (Å²) < 4.78 is 0. The van der Waals surface area contributed by atoms with E-state index in [1.54, 1.807) is 0 Å². The molecule has 3 N–H and O–H groups in total. The van der Waals surface area contributed by atoms with Crippen LogP contribution in [0.15, 0.2) is 48.5 Å². The van der Waals surface area contributed by atoms with E-state index in [4.69, 9.17) is 5.73 Å². The Morgan fingerprint density at radius 1 is 0.909 bits per heavy atom. The number of nitrogens with one attached hydrogen (secondary N) is 1. The van der Waals surface area contributed by atoms with Crippen LogP contribution in [0, 0.1) is 0 Å². The molecule has 0 bridgehead atoms. The van der Waals surface area contributed by atoms with Gasteiger partial charge in [0.05, 0.1) is 0 Å². The van der Waals surface area contributed by atoms with Crippen LogP contribution in [0.25, 0.3) is 0 Å². The fourth-order valence-electron chi connectivity index (χ4n) is 3.00. The second kappa shape index (κ2) is 7.32. The lowest BCUT2D eigenvalue weighted by atomic mass is 10.1. The van der Waals surface area contributed by atoms with Gasteiger partial charge >= 0.3 is 0 Å². The Morgan fingerprint density at radius 3 is 2.36 bits per heavy atom. The maximum atomic E-state index is 5.97. The molecule has 116 valence electrons. The van der Waals surface area contributed by atoms with Crippen LogP contribution in [-0.2, 0) is 13.1 Å². The van der Waals surface area contributed by atoms with Gasteiger partial charge in [-0.25, -0.2) is 0 Å². The normalized spacial score (nSPS) is 15.6. The Morgan fingerprint density at radius 2 is 1.64 bits per heavy atom. The maximum absolute atomic E-state index is 5.97. The standard InChI is InChI=1S/C19H25N3/c20-19-7-3-2-6-17(19)14-21-18-10-8-16(9-11-18)15-22-12-4-1-5-13-22/h2-3,6-11,21H,1,4-5,12-15,20H2. The van der Waals surface area contributed by atoms with Crippen molar-refractivity contribution in [2.75, 3.05) is 24.1 Å². The van der Waals surface area contributed by atoms with Crippen molar-refractivity contribution in [2.45, 2.75) is 32.4 Å². The van der Waals surface area contributed by atoms with Gasteiger partial charge < -0.3 is 11.1 Å². The molecule has 3 heteroatoms. The molecule has 1 fully saturated rings. The van der Waals surface area contributed by atoms with Gasteiger partial charge in [-0.3, -0.25) is 4.90 Å². The third-order valence-corrected chi connectivity index (χ3v) is 4.35. The fraction of sp³-hybridized carbons (Fsp3) is 0.368. The molecule has 2 aromatic rings. The van der Waals surface area contributed by atoms with Crippen LogP contribution in [0.1, 0.15) is 30.4 Å². The predicted molar refractivity (Wildman–Crippen MR) is 93.8 cm³/mol. The summed E-state index contributed by atoms with van der Waals surface area (Å²) in [6, 6.07) is 16.8. The van der Waals surface area contributed by atoms with Crippen molar-refractivity contribution < 1.29 is 0 Å². The highest BCUT2D eigenvalue weighted by molar-refractivity contribution is 5.50. The summed E-state index contributed by atoms with van der Waals surface area (Å²) in [4.78, 5) is 2.55. The molecule has 0 amide bonds. The maximum Gasteiger partial charge on any atom is 0.0421 e. The van der Waals surface area contributed by atoms with E-state index in [0.29, 0.717) is 0 Å². The minimum Gasteiger partial charge on any atom is -0.398 e. The molecule has 1 saturated heterocycles. The molecule has 0 aliphatic carbocycles. The number of nitrogens with zero attached hydrogens (tertiary/aromatic N) is 1. The molecule has 0 atom stereocenters. The molecule has 2 aromatic carbocycles. The first-order chi connectivity index (χ1) is 10.8. The van der Waals surface area contributed by atoms with Gasteiger partial charge in [-0.2, -0.15) is 0 Å². The van der Waals surface area contributed by atoms with Crippen LogP contribution in [0.2, 0.25) is 0 Å². The summed E-state index contributed by atoms with van der Waals surface area (Å²) in [5.41, 5.74) is 10.5. The van der Waals surface area contributed by atoms with Crippen LogP contribution >= 0.6 is 0 Å². The highest BCUT2D eigenvalue weighted by Gasteiger charge is 2.10. The summed E-state index contributed by atoms with van der Waals surface area (Å²) >= 11 is 0. The van der Waals surface area contributed by atoms with Crippen molar-refractivity contribution in [3.63, 3.8) is 0 Å². The summed E-state index contributed by atoms with van der Waals surface area (Å²) in [5.74, 6) is 0. The van der Waals surface area contributed by atoms with Crippen LogP contribution in [0.3, 0.4) is 0 Å². The zero-order chi connectivity index (χ0) is 15.2. The number of hydrogen-bond donors (Lipinski definition) is 2. The van der Waals surface area contributed by atoms with E-state index in [-0.39, 0.29) is 0 Å². The Balaban J connectivity index is 1.54. The molecule has 1 aliphatic rings. The number of nitrogens with two attached hydrogens (primary N) is 1. The van der Waals surface area contributed by atoms with E-state index in [2.05, 4.69) is 40.5 Å². The van der Waals surface area contributed by atoms with Crippen molar-refractivity contribution in [1.82, 2.24) is 4.90 Å². The van der Waals surface area contributed by atoms with Crippen molar-refractivity contribution in [3.8, 4) is 0 Å². The molecule has 1 heterocycles. The quantitative estimate of drug-likeness (QED) is 0.823. The van der Waals surface area contributed by atoms with E-state index in [9.17, 15) is 0 Å². The van der Waals surface area contributed by atoms with E-state index in [0.717, 1.165) is 30.0 Å². The zero-order valence-corrected chi connectivity index (χ0v) is 13.1. The number of anilines is 2. The highest BCUT2D eigenvalue weighted by Crippen LogP contribution is 2.17. The molecule has 0 aromatic heterocycles. The largest absolute Gasteiger partial charge is 0.398 e. The fourth-order valence-corrected chi connectivity index (χ4v) is 3.00. The second-order valence-electron chi connectivity index (χ2n) is 6.09. The Kier molecular flexibility index (Phi) is 4.96. The monoisotopic (exact) mass is 295 g/mol. The molecule has 3 nitrogen and oxygen atoms in total. The van der Waals surface area contributed by atoms with E-state index >= 15 is 0 Å². The topological polar surface area (TPSA) is 41.3 Å². The van der Waals surface area contributed by atoms with Gasteiger partial charge in [-0.1, -0.05) is 36.8 Å². The second-order valence-corrected chi connectivity index (χ2v) is 6.09. The van der Waals surface area contributed by atoms with Crippen molar-refractivity contribution in [1.29, 1.82) is 0 Å². The number of nitrogen functional groups attached to an aromatic ring is 1. The summed E-state index contributed by atoms with van der Waals surface area (Å²) in [6.07, 6.45) is 4.08. The van der Waals surface area contributed by atoms with Crippen LogP contribution < -0.4 is 11.1 Å². The lowest BCUT2D eigenvalue weighted by Crippen LogP contribution is -2.29. The van der Waals surface area contributed by atoms with Gasteiger partial charge in [0.25, 0.3) is 0 Å². The van der Waals surface area contributed by atoms with Gasteiger partial charge in [0.1, 0.15) is 0 Å². The number of likely N-dealkylation sites (tertiary alicyclic amines) is 1. The Bertz CT molecular complexity index is 586. The lowest BCUT2D eigenvalue weighted by molar-refractivity contribution is 0.221. The number of hydrogen-bond acceptors (Lipinski definition) is 3. The number of benzene rings is 2. The SMILES string of the molecule is Nc1ccccc1CNc1ccc(CN2CCCCC2)cc1. The van der Waals surface area contributed by atoms with Crippen molar-refractivity contribution in [3.05, 3.63) is 59.7 Å². The van der Waals surface area contributed by atoms with E-state index < -0.39 is 0 Å². The Labute approximate surface area is 133 Å². The molecular weight excluding hydrogens is 270 g/mol. The molecular formula is C19H25N3. The average molecular weight is 295 g/mol. The third kappa shape index (κ3) is 4.01. The van der Waals surface area contributed by atoms with Gasteiger partial charge in [-0.05, 0) is 55.3 Å². The molecule has 1 aliphatic heterocycles. The van der Waals surface area contributed by atoms with Gasteiger partial charge in [-0.15, -0.1) is 0 Å². The minimum atomic E-state index is 0.762. The van der Waals surface area contributed by atoms with Crippen molar-refractivity contribution >= 4 is 11.4 Å². The average Bonchev–Trinajstić information content (AvgIpc) is 2.56. The lowest BCUT2D eigenvalue weighted by Gasteiger charge is -2.26. The summed E-state index contributed by atoms with van der Waals surface area (Å²) in [5, 5.41) is 3.44. The minimum absolute atomic E-state index is 0.762. The number of rotatable bonds is 5. The molecule has 3 rings (SSSR count). The molecule has 0 spiro atoms. The molecule has 0 radical (unpaired) electrons. The predicted octanol–water partition coefficient (Wildman–Crippen LogP) is 3.87. The first kappa shape index (κ1) is 14.9. The smallest absolute Gasteiger partial charge is 0.0421 e. The number of piperidine rings is 1. The molecule has 0 unspecified atom stereocenters. The zero-order valence-electron chi connectivity index (χ0n) is 13.1. The summed E-state index contributed by atoms with van der Waals surface area (Å²) in [7, 11) is 0. The molecule has 0 saturated carbocycles. The first-order valence-electron chi connectivity index (χ1n) is 8.20. The highest BCUT2D eigenvalue weighted by atomic mass is 15.1. The summed E-state index contributed by atoms with van der Waals surface area (Å²) in [6.45, 7) is 4.32. The Hall–Kier alpha value is -2.00. The van der Waals surface area contributed by atoms with Gasteiger partial charge in [0.15, 0.2) is 0 Å². The first-order valence-corrected chi connectivity index (χ1v) is 8.20. The van der Waals surface area contributed by atoms with E-state index in [1.807, 2.05) is 18.2 Å². The van der Waals surface area contributed by atoms with Gasteiger partial charge in [0, 0.05) is 24.5 Å². The van der Waals surface area contributed by atoms with E-state index in [1.165, 1.54) is 37.9 Å². The van der Waals surface area contributed by atoms with Crippen LogP contribution in [0.5, 0.6) is 0 Å². The molecule has 22 heavy (non-hydrogen) atoms. The third-order valence-electron chi connectivity index (χ3n) is 4.35.